The SMILES string of the molecule is O=C1/C(=C\c2cn(CC3CO3)c3ccccc23)c2ccccc2N1c1c(Cl)cccc1Cl. The van der Waals surface area contributed by atoms with Crippen molar-refractivity contribution in [1.29, 1.82) is 0 Å². The molecular weight excluding hydrogens is 443 g/mol. The summed E-state index contributed by atoms with van der Waals surface area (Å²) in [6, 6.07) is 21.2. The second kappa shape index (κ2) is 7.52. The molecule has 1 saturated heterocycles. The molecule has 0 spiro atoms. The van der Waals surface area contributed by atoms with E-state index < -0.39 is 0 Å². The van der Waals surface area contributed by atoms with Crippen molar-refractivity contribution in [1.82, 2.24) is 4.57 Å². The number of carbonyl (C=O) groups excluding carboxylic acids is 1. The number of ether oxygens (including phenoxy) is 1. The molecule has 158 valence electrons. The molecule has 32 heavy (non-hydrogen) atoms. The fraction of sp³-hybridized carbons (Fsp3) is 0.115. The zero-order chi connectivity index (χ0) is 21.8. The van der Waals surface area contributed by atoms with Crippen LogP contribution in [0.1, 0.15) is 11.1 Å². The smallest absolute Gasteiger partial charge is 0.263 e. The molecule has 6 heteroatoms. The number of fused-ring (bicyclic) bond motifs is 2. The predicted octanol–water partition coefficient (Wildman–Crippen LogP) is 6.57. The number of carbonyl (C=O) groups is 1. The number of nitrogens with zero attached hydrogens (tertiary/aromatic N) is 2. The summed E-state index contributed by atoms with van der Waals surface area (Å²) in [7, 11) is 0. The summed E-state index contributed by atoms with van der Waals surface area (Å²) in [6.45, 7) is 1.60. The van der Waals surface area contributed by atoms with Gasteiger partial charge in [-0.15, -0.1) is 0 Å². The van der Waals surface area contributed by atoms with E-state index in [4.69, 9.17) is 27.9 Å². The van der Waals surface area contributed by atoms with Gasteiger partial charge >= 0.3 is 0 Å². The van der Waals surface area contributed by atoms with Crippen molar-refractivity contribution in [2.45, 2.75) is 12.6 Å². The topological polar surface area (TPSA) is 37.8 Å². The fourth-order valence-electron chi connectivity index (χ4n) is 4.40. The Kier molecular flexibility index (Phi) is 4.61. The van der Waals surface area contributed by atoms with Crippen LogP contribution >= 0.6 is 23.2 Å². The first kappa shape index (κ1) is 19.6. The summed E-state index contributed by atoms with van der Waals surface area (Å²) in [5, 5.41) is 1.96. The first-order valence-electron chi connectivity index (χ1n) is 10.4. The van der Waals surface area contributed by atoms with Gasteiger partial charge in [-0.05, 0) is 30.3 Å². The van der Waals surface area contributed by atoms with Crippen LogP contribution in [0.3, 0.4) is 0 Å². The first-order chi connectivity index (χ1) is 15.6. The van der Waals surface area contributed by atoms with E-state index in [1.807, 2.05) is 42.5 Å². The molecule has 1 atom stereocenters. The van der Waals surface area contributed by atoms with Crippen molar-refractivity contribution in [2.24, 2.45) is 0 Å². The molecule has 1 fully saturated rings. The van der Waals surface area contributed by atoms with Crippen molar-refractivity contribution in [3.63, 3.8) is 0 Å². The average molecular weight is 461 g/mol. The maximum Gasteiger partial charge on any atom is 0.263 e. The molecule has 0 radical (unpaired) electrons. The number of para-hydroxylation sites is 3. The molecule has 1 amide bonds. The van der Waals surface area contributed by atoms with Crippen LogP contribution in [-0.2, 0) is 16.1 Å². The number of amides is 1. The van der Waals surface area contributed by atoms with Gasteiger partial charge in [-0.3, -0.25) is 9.69 Å². The van der Waals surface area contributed by atoms with E-state index >= 15 is 0 Å². The fourth-order valence-corrected chi connectivity index (χ4v) is 4.96. The first-order valence-corrected chi connectivity index (χ1v) is 11.2. The number of halogens is 2. The Hall–Kier alpha value is -3.05. The highest BCUT2D eigenvalue weighted by Crippen LogP contribution is 2.47. The molecule has 3 aromatic carbocycles. The van der Waals surface area contributed by atoms with Crippen molar-refractivity contribution >= 4 is 63.0 Å². The Morgan fingerprint density at radius 1 is 0.969 bits per heavy atom. The lowest BCUT2D eigenvalue weighted by Crippen LogP contribution is -2.21. The van der Waals surface area contributed by atoms with Gasteiger partial charge in [-0.25, -0.2) is 0 Å². The maximum absolute atomic E-state index is 13.7. The number of hydrogen-bond acceptors (Lipinski definition) is 2. The van der Waals surface area contributed by atoms with Crippen LogP contribution in [0.25, 0.3) is 22.6 Å². The van der Waals surface area contributed by atoms with Crippen molar-refractivity contribution in [3.8, 4) is 0 Å². The molecule has 4 nitrogen and oxygen atoms in total. The van der Waals surface area contributed by atoms with Crippen LogP contribution in [0, 0.1) is 0 Å². The minimum atomic E-state index is -0.149. The second-order valence-electron chi connectivity index (χ2n) is 8.00. The zero-order valence-electron chi connectivity index (χ0n) is 17.0. The number of hydrogen-bond donors (Lipinski definition) is 0. The van der Waals surface area contributed by atoms with Crippen molar-refractivity contribution < 1.29 is 9.53 Å². The minimum absolute atomic E-state index is 0.149. The number of aromatic nitrogens is 1. The lowest BCUT2D eigenvalue weighted by atomic mass is 10.0. The van der Waals surface area contributed by atoms with Crippen LogP contribution in [0.4, 0.5) is 11.4 Å². The number of epoxide rings is 1. The quantitative estimate of drug-likeness (QED) is 0.255. The Morgan fingerprint density at radius 2 is 1.69 bits per heavy atom. The molecular formula is C26H18Cl2N2O2. The summed E-state index contributed by atoms with van der Waals surface area (Å²) in [5.41, 5.74) is 4.86. The molecule has 4 aromatic rings. The molecule has 0 aliphatic carbocycles. The Labute approximate surface area is 195 Å². The van der Waals surface area contributed by atoms with Gasteiger partial charge in [0.05, 0.1) is 46.2 Å². The Morgan fingerprint density at radius 3 is 2.47 bits per heavy atom. The van der Waals surface area contributed by atoms with Gasteiger partial charge in [0, 0.05) is 28.2 Å². The summed E-state index contributed by atoms with van der Waals surface area (Å²) >= 11 is 12.9. The van der Waals surface area contributed by atoms with E-state index in [9.17, 15) is 4.79 Å². The minimum Gasteiger partial charge on any atom is -0.371 e. The van der Waals surface area contributed by atoms with E-state index in [-0.39, 0.29) is 12.0 Å². The average Bonchev–Trinajstić information content (AvgIpc) is 3.50. The molecule has 3 heterocycles. The number of rotatable bonds is 4. The van der Waals surface area contributed by atoms with Crippen LogP contribution in [0.15, 0.2) is 72.9 Å². The van der Waals surface area contributed by atoms with E-state index in [0.29, 0.717) is 21.3 Å². The summed E-state index contributed by atoms with van der Waals surface area (Å²) in [6.07, 6.45) is 4.33. The second-order valence-corrected chi connectivity index (χ2v) is 8.81. The van der Waals surface area contributed by atoms with Gasteiger partial charge in [0.25, 0.3) is 5.91 Å². The molecule has 1 unspecified atom stereocenters. The van der Waals surface area contributed by atoms with Gasteiger partial charge in [-0.1, -0.05) is 65.7 Å². The molecule has 0 bridgehead atoms. The summed E-state index contributed by atoms with van der Waals surface area (Å²) in [4.78, 5) is 15.3. The van der Waals surface area contributed by atoms with E-state index in [2.05, 4.69) is 22.9 Å². The lowest BCUT2D eigenvalue weighted by Gasteiger charge is -2.20. The largest absolute Gasteiger partial charge is 0.371 e. The third kappa shape index (κ3) is 3.15. The normalized spacial score (nSPS) is 18.6. The monoisotopic (exact) mass is 460 g/mol. The van der Waals surface area contributed by atoms with Crippen LogP contribution < -0.4 is 4.90 Å². The Bertz CT molecular complexity index is 1400. The van der Waals surface area contributed by atoms with E-state index in [1.54, 1.807) is 23.1 Å². The van der Waals surface area contributed by atoms with Gasteiger partial charge in [0.2, 0.25) is 0 Å². The third-order valence-electron chi connectivity index (χ3n) is 5.95. The van der Waals surface area contributed by atoms with E-state index in [1.165, 1.54) is 0 Å². The van der Waals surface area contributed by atoms with Crippen LogP contribution in [-0.4, -0.2) is 23.2 Å². The van der Waals surface area contributed by atoms with Gasteiger partial charge in [-0.2, -0.15) is 0 Å². The Balaban J connectivity index is 1.52. The third-order valence-corrected chi connectivity index (χ3v) is 6.56. The highest BCUT2D eigenvalue weighted by molar-refractivity contribution is 6.45. The highest BCUT2D eigenvalue weighted by Gasteiger charge is 2.35. The molecule has 0 saturated carbocycles. The maximum atomic E-state index is 13.7. The molecule has 0 N–H and O–H groups in total. The van der Waals surface area contributed by atoms with Gasteiger partial charge < -0.3 is 9.30 Å². The van der Waals surface area contributed by atoms with Gasteiger partial charge in [0.1, 0.15) is 0 Å². The predicted molar refractivity (Wildman–Crippen MR) is 130 cm³/mol. The number of benzene rings is 3. The summed E-state index contributed by atoms with van der Waals surface area (Å²) in [5.74, 6) is -0.149. The van der Waals surface area contributed by atoms with E-state index in [0.717, 1.165) is 40.9 Å². The molecule has 1 aromatic heterocycles. The zero-order valence-corrected chi connectivity index (χ0v) is 18.5. The number of anilines is 2. The highest BCUT2D eigenvalue weighted by atomic mass is 35.5. The summed E-state index contributed by atoms with van der Waals surface area (Å²) < 4.78 is 7.63. The van der Waals surface area contributed by atoms with Crippen LogP contribution in [0.5, 0.6) is 0 Å². The van der Waals surface area contributed by atoms with Crippen LogP contribution in [0.2, 0.25) is 10.0 Å². The molecule has 2 aliphatic heterocycles. The molecule has 6 rings (SSSR count). The molecule has 2 aliphatic rings. The standard InChI is InChI=1S/C26H18Cl2N2O2/c27-21-8-5-9-22(28)25(21)30-24-11-4-2-7-19(24)20(26(30)31)12-16-13-29(14-17-15-32-17)23-10-3-1-6-18(16)23/h1-13,17H,14-15H2/b20-12-. The van der Waals surface area contributed by atoms with Crippen molar-refractivity contribution in [3.05, 3.63) is 94.1 Å². The van der Waals surface area contributed by atoms with Gasteiger partial charge in [0.15, 0.2) is 0 Å². The lowest BCUT2D eigenvalue weighted by molar-refractivity contribution is -0.112. The van der Waals surface area contributed by atoms with Crippen molar-refractivity contribution in [2.75, 3.05) is 11.5 Å².